The van der Waals surface area contributed by atoms with Crippen LogP contribution < -0.4 is 0 Å². The van der Waals surface area contributed by atoms with Crippen LogP contribution in [-0.4, -0.2) is 14.6 Å². The van der Waals surface area contributed by atoms with Gasteiger partial charge >= 0.3 is 0 Å². The molecule has 0 amide bonds. The number of fused-ring (bicyclic) bond motifs is 1. The van der Waals surface area contributed by atoms with Gasteiger partial charge in [-0.25, -0.2) is 0 Å². The summed E-state index contributed by atoms with van der Waals surface area (Å²) < 4.78 is 5.66. The summed E-state index contributed by atoms with van der Waals surface area (Å²) in [5.41, 5.74) is 0.970. The zero-order chi connectivity index (χ0) is 11.0. The third kappa shape index (κ3) is 1.52. The van der Waals surface area contributed by atoms with Crippen molar-refractivity contribution in [1.29, 1.82) is 0 Å². The Morgan fingerprint density at radius 2 is 2.06 bits per heavy atom. The molecule has 0 atom stereocenters. The second-order valence-electron chi connectivity index (χ2n) is 3.38. The Labute approximate surface area is 101 Å². The van der Waals surface area contributed by atoms with Crippen LogP contribution in [0.4, 0.5) is 0 Å². The minimum Gasteiger partial charge on any atom is -0.189 e. The van der Waals surface area contributed by atoms with E-state index in [0.29, 0.717) is 0 Å². The highest BCUT2D eigenvalue weighted by atomic mass is 32.1. The molecule has 0 aliphatic heterocycles. The normalized spacial score (nSPS) is 11.1. The third-order valence-corrected chi connectivity index (χ3v) is 4.25. The number of hydrogen-bond donors (Lipinski definition) is 0. The van der Waals surface area contributed by atoms with E-state index in [1.807, 2.05) is 12.1 Å². The van der Waals surface area contributed by atoms with Gasteiger partial charge in [-0.15, -0.1) is 10.2 Å². The lowest BCUT2D eigenvalue weighted by atomic mass is 10.2. The summed E-state index contributed by atoms with van der Waals surface area (Å²) in [4.78, 5) is 0. The van der Waals surface area contributed by atoms with Crippen LogP contribution in [0.15, 0.2) is 24.3 Å². The second kappa shape index (κ2) is 3.92. The SMILES string of the molecule is CCc1nnc(-c2nsc3ccccc23)s1. The fourth-order valence-corrected chi connectivity index (χ4v) is 3.15. The van der Waals surface area contributed by atoms with Crippen molar-refractivity contribution in [1.82, 2.24) is 14.6 Å². The van der Waals surface area contributed by atoms with E-state index in [0.717, 1.165) is 22.1 Å². The zero-order valence-electron chi connectivity index (χ0n) is 8.67. The van der Waals surface area contributed by atoms with Gasteiger partial charge in [0.1, 0.15) is 10.7 Å². The molecule has 0 aliphatic carbocycles. The van der Waals surface area contributed by atoms with Gasteiger partial charge in [-0.3, -0.25) is 0 Å². The molecule has 0 aliphatic rings. The summed E-state index contributed by atoms with van der Waals surface area (Å²) in [6, 6.07) is 8.23. The lowest BCUT2D eigenvalue weighted by Gasteiger charge is -1.89. The van der Waals surface area contributed by atoms with E-state index in [-0.39, 0.29) is 0 Å². The van der Waals surface area contributed by atoms with Crippen molar-refractivity contribution >= 4 is 33.0 Å². The zero-order valence-corrected chi connectivity index (χ0v) is 10.3. The highest BCUT2D eigenvalue weighted by molar-refractivity contribution is 7.16. The molecule has 16 heavy (non-hydrogen) atoms. The van der Waals surface area contributed by atoms with Crippen LogP contribution in [0.1, 0.15) is 11.9 Å². The lowest BCUT2D eigenvalue weighted by molar-refractivity contribution is 0.985. The number of hydrogen-bond acceptors (Lipinski definition) is 5. The minimum absolute atomic E-state index is 0.925. The van der Waals surface area contributed by atoms with Gasteiger partial charge in [-0.2, -0.15) is 4.37 Å². The van der Waals surface area contributed by atoms with Gasteiger partial charge in [0.25, 0.3) is 0 Å². The average Bonchev–Trinajstić information content (AvgIpc) is 2.94. The van der Waals surface area contributed by atoms with Crippen molar-refractivity contribution in [2.24, 2.45) is 0 Å². The van der Waals surface area contributed by atoms with Crippen LogP contribution in [-0.2, 0) is 6.42 Å². The summed E-state index contributed by atoms with van der Waals surface area (Å²) in [6.07, 6.45) is 0.930. The molecule has 0 spiro atoms. The fraction of sp³-hybridized carbons (Fsp3) is 0.182. The predicted molar refractivity (Wildman–Crippen MR) is 67.9 cm³/mol. The van der Waals surface area contributed by atoms with Gasteiger partial charge in [-0.05, 0) is 24.0 Å². The van der Waals surface area contributed by atoms with E-state index in [1.165, 1.54) is 21.6 Å². The van der Waals surface area contributed by atoms with Crippen LogP contribution in [0.3, 0.4) is 0 Å². The standard InChI is InChI=1S/C11H9N3S2/c1-2-9-12-13-11(15-9)10-7-5-3-4-6-8(7)16-14-10/h3-6H,2H2,1H3. The Kier molecular flexibility index (Phi) is 2.41. The predicted octanol–water partition coefficient (Wildman–Crippen LogP) is 3.38. The Balaban J connectivity index is 2.18. The maximum Gasteiger partial charge on any atom is 0.168 e. The van der Waals surface area contributed by atoms with Gasteiger partial charge in [0.2, 0.25) is 0 Å². The molecule has 0 saturated heterocycles. The Morgan fingerprint density at radius 3 is 2.88 bits per heavy atom. The second-order valence-corrected chi connectivity index (χ2v) is 5.25. The molecule has 2 heterocycles. The van der Waals surface area contributed by atoms with Gasteiger partial charge in [0.15, 0.2) is 5.01 Å². The average molecular weight is 247 g/mol. The molecule has 0 N–H and O–H groups in total. The van der Waals surface area contributed by atoms with Crippen molar-refractivity contribution in [3.05, 3.63) is 29.3 Å². The molecule has 1 aromatic carbocycles. The third-order valence-electron chi connectivity index (χ3n) is 2.35. The number of rotatable bonds is 2. The molecule has 5 heteroatoms. The molecular formula is C11H9N3S2. The molecule has 0 fully saturated rings. The lowest BCUT2D eigenvalue weighted by Crippen LogP contribution is -1.77. The first-order valence-corrected chi connectivity index (χ1v) is 6.64. The smallest absolute Gasteiger partial charge is 0.168 e. The van der Waals surface area contributed by atoms with E-state index in [2.05, 4.69) is 33.6 Å². The molecule has 0 radical (unpaired) electrons. The Hall–Kier alpha value is -1.33. The molecule has 80 valence electrons. The van der Waals surface area contributed by atoms with Crippen molar-refractivity contribution in [2.45, 2.75) is 13.3 Å². The van der Waals surface area contributed by atoms with E-state index in [1.54, 1.807) is 11.3 Å². The maximum atomic E-state index is 4.46. The van der Waals surface area contributed by atoms with Gasteiger partial charge in [0.05, 0.1) is 4.70 Å². The summed E-state index contributed by atoms with van der Waals surface area (Å²) in [5, 5.41) is 11.5. The number of nitrogens with zero attached hydrogens (tertiary/aromatic N) is 3. The quantitative estimate of drug-likeness (QED) is 0.697. The molecule has 3 aromatic rings. The van der Waals surface area contributed by atoms with Crippen molar-refractivity contribution < 1.29 is 0 Å². The van der Waals surface area contributed by atoms with E-state index >= 15 is 0 Å². The number of aryl methyl sites for hydroxylation is 1. The topological polar surface area (TPSA) is 38.7 Å². The summed E-state index contributed by atoms with van der Waals surface area (Å²) in [6.45, 7) is 2.09. The highest BCUT2D eigenvalue weighted by Gasteiger charge is 2.12. The monoisotopic (exact) mass is 247 g/mol. The number of benzene rings is 1. The molecule has 3 nitrogen and oxygen atoms in total. The molecule has 0 bridgehead atoms. The van der Waals surface area contributed by atoms with E-state index in [4.69, 9.17) is 0 Å². The van der Waals surface area contributed by atoms with Crippen LogP contribution in [0, 0.1) is 0 Å². The van der Waals surface area contributed by atoms with E-state index < -0.39 is 0 Å². The summed E-state index contributed by atoms with van der Waals surface area (Å²) in [5.74, 6) is 0. The van der Waals surface area contributed by atoms with E-state index in [9.17, 15) is 0 Å². The molecular weight excluding hydrogens is 238 g/mol. The first-order valence-electron chi connectivity index (χ1n) is 5.05. The molecule has 2 aromatic heterocycles. The van der Waals surface area contributed by atoms with Crippen molar-refractivity contribution in [3.63, 3.8) is 0 Å². The summed E-state index contributed by atoms with van der Waals surface area (Å²) in [7, 11) is 0. The van der Waals surface area contributed by atoms with Crippen molar-refractivity contribution in [3.8, 4) is 10.7 Å². The first kappa shape index (κ1) is 9.86. The maximum absolute atomic E-state index is 4.46. The van der Waals surface area contributed by atoms with Crippen molar-refractivity contribution in [2.75, 3.05) is 0 Å². The Morgan fingerprint density at radius 1 is 1.19 bits per heavy atom. The molecule has 0 unspecified atom stereocenters. The van der Waals surface area contributed by atoms with Crippen LogP contribution in [0.2, 0.25) is 0 Å². The minimum atomic E-state index is 0.925. The Bertz CT molecular complexity index is 627. The number of aromatic nitrogens is 3. The fourth-order valence-electron chi connectivity index (χ4n) is 1.53. The van der Waals surface area contributed by atoms with Gasteiger partial charge in [-0.1, -0.05) is 36.5 Å². The largest absolute Gasteiger partial charge is 0.189 e. The van der Waals surface area contributed by atoms with Crippen LogP contribution in [0.5, 0.6) is 0 Å². The van der Waals surface area contributed by atoms with Crippen LogP contribution in [0.25, 0.3) is 20.8 Å². The van der Waals surface area contributed by atoms with Gasteiger partial charge < -0.3 is 0 Å². The highest BCUT2D eigenvalue weighted by Crippen LogP contribution is 2.32. The summed E-state index contributed by atoms with van der Waals surface area (Å²) >= 11 is 3.14. The first-order chi connectivity index (χ1) is 7.88. The van der Waals surface area contributed by atoms with Crippen LogP contribution >= 0.6 is 22.9 Å². The van der Waals surface area contributed by atoms with Gasteiger partial charge in [0, 0.05) is 5.39 Å². The molecule has 3 rings (SSSR count). The molecule has 0 saturated carbocycles.